The molecule has 3 aliphatic rings. The highest BCUT2D eigenvalue weighted by Gasteiger charge is 2.40. The van der Waals surface area contributed by atoms with Gasteiger partial charge in [0.15, 0.2) is 5.82 Å². The number of likely N-dealkylation sites (tertiary alicyclic amines) is 1. The Morgan fingerprint density at radius 3 is 2.58 bits per heavy atom. The van der Waals surface area contributed by atoms with E-state index in [9.17, 15) is 32.0 Å². The molecule has 5 heterocycles. The molecular weight excluding hydrogens is 708 g/mol. The van der Waals surface area contributed by atoms with Crippen molar-refractivity contribution in [3.8, 4) is 23.2 Å². The van der Waals surface area contributed by atoms with Gasteiger partial charge in [-0.05, 0) is 63.8 Å². The van der Waals surface area contributed by atoms with E-state index < -0.39 is 40.6 Å². The van der Waals surface area contributed by atoms with Crippen molar-refractivity contribution < 1.29 is 35.9 Å². The zero-order chi connectivity index (χ0) is 37.6. The number of ether oxygens (including phenoxy) is 1. The van der Waals surface area contributed by atoms with E-state index in [1.165, 1.54) is 20.0 Å². The van der Waals surface area contributed by atoms with Crippen LogP contribution in [0.4, 0.5) is 37.2 Å². The van der Waals surface area contributed by atoms with Crippen LogP contribution in [0.15, 0.2) is 18.2 Å². The van der Waals surface area contributed by atoms with Gasteiger partial charge in [0, 0.05) is 60.5 Å². The number of nitrogen functional groups attached to an aromatic ring is 1. The Bertz CT molecular complexity index is 2040. The lowest BCUT2D eigenvalue weighted by atomic mass is 9.92. The minimum absolute atomic E-state index is 0.0186. The number of hydrogen-bond acceptors (Lipinski definition) is 9. The number of alkyl halides is 4. The van der Waals surface area contributed by atoms with Crippen LogP contribution in [0.3, 0.4) is 0 Å². The van der Waals surface area contributed by atoms with E-state index in [1.54, 1.807) is 29.7 Å². The largest absolute Gasteiger partial charge is 0.467 e. The number of likely N-dealkylation sites (N-methyl/N-ethyl adjacent to an activating group) is 1. The average molecular weight is 748 g/mol. The topological polar surface area (TPSA) is 112 Å². The molecule has 4 unspecified atom stereocenters. The summed E-state index contributed by atoms with van der Waals surface area (Å²) in [6, 6.07) is 4.38. The number of carbonyl (C=O) groups excluding carboxylic acids is 1. The minimum atomic E-state index is -5.07. The van der Waals surface area contributed by atoms with E-state index >= 15 is 4.39 Å². The molecule has 3 aliphatic heterocycles. The van der Waals surface area contributed by atoms with Crippen molar-refractivity contribution in [2.45, 2.75) is 83.3 Å². The summed E-state index contributed by atoms with van der Waals surface area (Å²) in [6.07, 6.45) is -1.44. The van der Waals surface area contributed by atoms with Crippen molar-refractivity contribution in [3.05, 3.63) is 41.0 Å². The maximum Gasteiger partial charge on any atom is 0.417 e. The van der Waals surface area contributed by atoms with Crippen LogP contribution in [0.2, 0.25) is 0 Å². The third kappa shape index (κ3) is 6.68. The lowest BCUT2D eigenvalue weighted by Gasteiger charge is -2.30. The molecule has 3 saturated heterocycles. The molecule has 278 valence electrons. The van der Waals surface area contributed by atoms with E-state index in [-0.39, 0.29) is 68.0 Å². The normalized spacial score (nSPS) is 21.7. The van der Waals surface area contributed by atoms with Gasteiger partial charge in [-0.1, -0.05) is 13.0 Å². The molecule has 2 aromatic carbocycles. The highest BCUT2D eigenvalue weighted by atomic mass is 32.1. The summed E-state index contributed by atoms with van der Waals surface area (Å²) in [5, 5.41) is 9.15. The van der Waals surface area contributed by atoms with Crippen LogP contribution in [0.1, 0.15) is 64.0 Å². The molecule has 2 aromatic heterocycles. The fraction of sp³-hybridized carbons (Fsp3) is 0.500. The van der Waals surface area contributed by atoms with Crippen molar-refractivity contribution >= 4 is 49.1 Å². The molecule has 9 nitrogen and oxygen atoms in total. The second-order valence-electron chi connectivity index (χ2n) is 13.3. The van der Waals surface area contributed by atoms with E-state index in [0.29, 0.717) is 43.3 Å². The third-order valence-electron chi connectivity index (χ3n) is 10.3. The minimum Gasteiger partial charge on any atom is -0.467 e. The number of anilines is 2. The summed E-state index contributed by atoms with van der Waals surface area (Å²) >= 11 is 0.691. The smallest absolute Gasteiger partial charge is 0.417 e. The van der Waals surface area contributed by atoms with Crippen LogP contribution >= 0.6 is 11.3 Å². The zero-order valence-corrected chi connectivity index (χ0v) is 30.0. The lowest BCUT2D eigenvalue weighted by Crippen LogP contribution is -2.40. The summed E-state index contributed by atoms with van der Waals surface area (Å²) in [5.74, 6) is -2.18. The third-order valence-corrected chi connectivity index (χ3v) is 11.3. The Kier molecular flexibility index (Phi) is 10.5. The van der Waals surface area contributed by atoms with Crippen LogP contribution in [-0.4, -0.2) is 83.3 Å². The number of nitrogens with two attached hydrogens (primary N) is 1. The van der Waals surface area contributed by atoms with Crippen molar-refractivity contribution in [2.24, 2.45) is 0 Å². The van der Waals surface area contributed by atoms with Gasteiger partial charge in [-0.25, -0.2) is 13.2 Å². The van der Waals surface area contributed by atoms with Gasteiger partial charge in [0.2, 0.25) is 5.91 Å². The molecule has 4 atom stereocenters. The van der Waals surface area contributed by atoms with Gasteiger partial charge in [-0.2, -0.15) is 28.4 Å². The predicted molar refractivity (Wildman–Crippen MR) is 188 cm³/mol. The Morgan fingerprint density at radius 1 is 1.19 bits per heavy atom. The fourth-order valence-electron chi connectivity index (χ4n) is 7.88. The summed E-state index contributed by atoms with van der Waals surface area (Å²) in [6.45, 7) is 7.88. The number of fused-ring (bicyclic) bond motifs is 3. The first-order valence-corrected chi connectivity index (χ1v) is 18.0. The SMILES string of the molecule is CCC(=O)N1CC(N(CC)c2nc(OC)nc3c(F)c(-c4ccc(F)c5sc(N)c(C#N)c45)c(C(F)(F)F)cc23)CC1C.FC1CC2CCCN2C1. The second kappa shape index (κ2) is 14.6. The standard InChI is InChI=1S/C29H27F5N6O2S.C7H12FN/c1-5-20(41)40-12-14(9-13(40)3)39(6-2)27-16-10-18(29(32,33)34)22(23(31)24(16)37-28(38-27)42-4)15-7-8-19(30)25-21(15)17(11-35)26(36)43-25;8-6-4-7-2-1-3-9(7)5-6/h7-8,10,13-14H,5-6,9,12,36H2,1-4H3;6-7H,1-5H2. The zero-order valence-electron chi connectivity index (χ0n) is 29.2. The first kappa shape index (κ1) is 37.4. The average Bonchev–Trinajstić information content (AvgIpc) is 3.88. The molecule has 0 saturated carbocycles. The predicted octanol–water partition coefficient (Wildman–Crippen LogP) is 7.69. The van der Waals surface area contributed by atoms with Gasteiger partial charge in [-0.15, -0.1) is 11.3 Å². The molecule has 0 spiro atoms. The first-order valence-electron chi connectivity index (χ1n) is 17.2. The molecule has 52 heavy (non-hydrogen) atoms. The summed E-state index contributed by atoms with van der Waals surface area (Å²) in [7, 11) is 1.25. The van der Waals surface area contributed by atoms with E-state index in [2.05, 4.69) is 14.9 Å². The maximum atomic E-state index is 16.6. The highest BCUT2D eigenvalue weighted by molar-refractivity contribution is 7.23. The molecular formula is C36H39F6N7O2S. The fourth-order valence-corrected chi connectivity index (χ4v) is 8.83. The van der Waals surface area contributed by atoms with Gasteiger partial charge < -0.3 is 20.3 Å². The van der Waals surface area contributed by atoms with Gasteiger partial charge in [0.25, 0.3) is 0 Å². The van der Waals surface area contributed by atoms with Crippen molar-refractivity contribution in [3.63, 3.8) is 0 Å². The van der Waals surface area contributed by atoms with Crippen molar-refractivity contribution in [1.82, 2.24) is 19.8 Å². The van der Waals surface area contributed by atoms with E-state index in [1.807, 2.05) is 6.92 Å². The monoisotopic (exact) mass is 747 g/mol. The summed E-state index contributed by atoms with van der Waals surface area (Å²) in [4.78, 5) is 26.7. The number of hydrogen-bond donors (Lipinski definition) is 1. The molecule has 16 heteroatoms. The second-order valence-corrected chi connectivity index (χ2v) is 14.4. The van der Waals surface area contributed by atoms with E-state index in [0.717, 1.165) is 31.2 Å². The molecule has 2 N–H and O–H groups in total. The van der Waals surface area contributed by atoms with E-state index in [4.69, 9.17) is 10.5 Å². The Hall–Kier alpha value is -4.36. The first-order chi connectivity index (χ1) is 24.7. The number of thiophene rings is 1. The Labute approximate surface area is 300 Å². The van der Waals surface area contributed by atoms with Gasteiger partial charge in [0.1, 0.15) is 34.4 Å². The van der Waals surface area contributed by atoms with Gasteiger partial charge >= 0.3 is 12.2 Å². The summed E-state index contributed by atoms with van der Waals surface area (Å²) < 4.78 is 93.2. The Balaban J connectivity index is 0.000000444. The molecule has 0 aliphatic carbocycles. The van der Waals surface area contributed by atoms with Crippen LogP contribution < -0.4 is 15.4 Å². The Morgan fingerprint density at radius 2 is 1.94 bits per heavy atom. The molecule has 7 rings (SSSR count). The number of benzene rings is 2. The number of rotatable bonds is 6. The number of nitriles is 1. The number of carbonyl (C=O) groups is 1. The molecule has 0 radical (unpaired) electrons. The number of amides is 1. The summed E-state index contributed by atoms with van der Waals surface area (Å²) in [5.41, 5.74) is 2.59. The van der Waals surface area contributed by atoms with Gasteiger partial charge in [-0.3, -0.25) is 9.69 Å². The van der Waals surface area contributed by atoms with Crippen LogP contribution in [0, 0.1) is 23.0 Å². The lowest BCUT2D eigenvalue weighted by molar-refractivity contribution is -0.137. The highest BCUT2D eigenvalue weighted by Crippen LogP contribution is 2.48. The quantitative estimate of drug-likeness (QED) is 0.200. The van der Waals surface area contributed by atoms with Gasteiger partial charge in [0.05, 0.1) is 22.9 Å². The number of aromatic nitrogens is 2. The molecule has 3 fully saturated rings. The maximum absolute atomic E-state index is 16.6. The molecule has 0 bridgehead atoms. The van der Waals surface area contributed by atoms with Crippen LogP contribution in [-0.2, 0) is 11.0 Å². The number of nitrogens with zero attached hydrogens (tertiary/aromatic N) is 6. The van der Waals surface area contributed by atoms with Crippen molar-refractivity contribution in [2.75, 3.05) is 43.9 Å². The van der Waals surface area contributed by atoms with Crippen LogP contribution in [0.5, 0.6) is 6.01 Å². The molecule has 1 amide bonds. The van der Waals surface area contributed by atoms with Crippen molar-refractivity contribution in [1.29, 1.82) is 5.26 Å². The van der Waals surface area contributed by atoms with Crippen LogP contribution in [0.25, 0.3) is 32.1 Å². The number of methoxy groups -OCH3 is 1. The molecule has 4 aromatic rings. The number of halogens is 6.